The van der Waals surface area contributed by atoms with Crippen molar-refractivity contribution in [3.8, 4) is 33.4 Å². The van der Waals surface area contributed by atoms with Crippen LogP contribution in [-0.2, 0) is 5.41 Å². The van der Waals surface area contributed by atoms with Crippen molar-refractivity contribution in [2.45, 2.75) is 5.41 Å². The first kappa shape index (κ1) is 33.0. The van der Waals surface area contributed by atoms with E-state index in [0.29, 0.717) is 0 Å². The van der Waals surface area contributed by atoms with Gasteiger partial charge in [0.2, 0.25) is 0 Å². The molecule has 9 aromatic carbocycles. The van der Waals surface area contributed by atoms with Crippen LogP contribution in [0, 0.1) is 0 Å². The first-order chi connectivity index (χ1) is 28.3. The van der Waals surface area contributed by atoms with Crippen LogP contribution in [-0.4, -0.2) is 0 Å². The largest absolute Gasteiger partial charge is 0.455 e. The first-order valence-corrected chi connectivity index (χ1v) is 19.6. The standard InChI is InChI=1S/C55H37NO/c1-4-16-38(17-5-1)39-30-33-44(34-31-39)56(43-21-8-3-9-22-43)45-23-14-18-40(36-45)46-26-15-27-49-50-37-42(32-35-53(50)57-54(46)49)55(41-19-6-2-7-20-41)51-28-12-10-24-47(51)48-25-11-13-29-52(48)55/h1-37H. The molecule has 0 saturated carbocycles. The minimum Gasteiger partial charge on any atom is -0.455 e. The second-order valence-corrected chi connectivity index (χ2v) is 14.8. The highest BCUT2D eigenvalue weighted by atomic mass is 16.3. The Morgan fingerprint density at radius 1 is 0.333 bits per heavy atom. The molecule has 2 heteroatoms. The van der Waals surface area contributed by atoms with Crippen LogP contribution in [0.15, 0.2) is 229 Å². The second-order valence-electron chi connectivity index (χ2n) is 14.8. The quantitative estimate of drug-likeness (QED) is 0.163. The van der Waals surface area contributed by atoms with Gasteiger partial charge in [0.05, 0.1) is 5.41 Å². The normalized spacial score (nSPS) is 12.7. The highest BCUT2D eigenvalue weighted by Crippen LogP contribution is 2.56. The fraction of sp³-hybridized carbons (Fsp3) is 0.0182. The van der Waals surface area contributed by atoms with E-state index in [0.717, 1.165) is 50.1 Å². The Morgan fingerprint density at radius 3 is 1.60 bits per heavy atom. The van der Waals surface area contributed by atoms with Crippen molar-refractivity contribution in [3.05, 3.63) is 247 Å². The molecule has 0 spiro atoms. The van der Waals surface area contributed by atoms with Crippen LogP contribution in [0.4, 0.5) is 17.1 Å². The maximum absolute atomic E-state index is 6.84. The summed E-state index contributed by atoms with van der Waals surface area (Å²) in [4.78, 5) is 2.32. The summed E-state index contributed by atoms with van der Waals surface area (Å²) in [7, 11) is 0. The number of para-hydroxylation sites is 2. The van der Waals surface area contributed by atoms with E-state index in [-0.39, 0.29) is 0 Å². The number of fused-ring (bicyclic) bond motifs is 6. The van der Waals surface area contributed by atoms with E-state index >= 15 is 0 Å². The zero-order chi connectivity index (χ0) is 37.8. The van der Waals surface area contributed by atoms with Gasteiger partial charge in [0.15, 0.2) is 0 Å². The van der Waals surface area contributed by atoms with Crippen molar-refractivity contribution in [2.75, 3.05) is 4.90 Å². The molecule has 1 aliphatic carbocycles. The summed E-state index contributed by atoms with van der Waals surface area (Å²) in [5.41, 5.74) is 16.8. The molecule has 0 bridgehead atoms. The van der Waals surface area contributed by atoms with Crippen LogP contribution in [0.3, 0.4) is 0 Å². The van der Waals surface area contributed by atoms with Gasteiger partial charge in [-0.2, -0.15) is 0 Å². The van der Waals surface area contributed by atoms with Gasteiger partial charge in [0.25, 0.3) is 0 Å². The van der Waals surface area contributed by atoms with Gasteiger partial charge in [0.1, 0.15) is 11.2 Å². The summed E-state index contributed by atoms with van der Waals surface area (Å²) >= 11 is 0. The molecule has 11 rings (SSSR count). The van der Waals surface area contributed by atoms with E-state index in [2.05, 4.69) is 229 Å². The number of hydrogen-bond donors (Lipinski definition) is 0. The third kappa shape index (κ3) is 5.26. The average Bonchev–Trinajstić information content (AvgIpc) is 3.82. The smallest absolute Gasteiger partial charge is 0.143 e. The summed E-state index contributed by atoms with van der Waals surface area (Å²) in [6.07, 6.45) is 0. The van der Waals surface area contributed by atoms with Gasteiger partial charge < -0.3 is 9.32 Å². The van der Waals surface area contributed by atoms with Gasteiger partial charge in [-0.3, -0.25) is 0 Å². The Balaban J connectivity index is 1.05. The Labute approximate surface area is 332 Å². The summed E-state index contributed by atoms with van der Waals surface area (Å²) in [6, 6.07) is 80.9. The molecule has 268 valence electrons. The molecule has 57 heavy (non-hydrogen) atoms. The lowest BCUT2D eigenvalue weighted by molar-refractivity contribution is 0.669. The van der Waals surface area contributed by atoms with Gasteiger partial charge in [-0.25, -0.2) is 0 Å². The number of nitrogens with zero attached hydrogens (tertiary/aromatic N) is 1. The fourth-order valence-electron chi connectivity index (χ4n) is 9.24. The van der Waals surface area contributed by atoms with Crippen LogP contribution < -0.4 is 4.90 Å². The van der Waals surface area contributed by atoms with E-state index in [9.17, 15) is 0 Å². The molecule has 0 fully saturated rings. The molecule has 0 N–H and O–H groups in total. The minimum absolute atomic E-state index is 0.474. The molecule has 1 heterocycles. The maximum atomic E-state index is 6.84. The number of rotatable bonds is 7. The summed E-state index contributed by atoms with van der Waals surface area (Å²) in [5, 5.41) is 2.22. The Kier molecular flexibility index (Phi) is 7.75. The van der Waals surface area contributed by atoms with Crippen molar-refractivity contribution in [1.29, 1.82) is 0 Å². The zero-order valence-corrected chi connectivity index (χ0v) is 31.2. The van der Waals surface area contributed by atoms with E-state index in [1.807, 2.05) is 0 Å². The predicted octanol–water partition coefficient (Wildman–Crippen LogP) is 14.8. The molecule has 1 aliphatic rings. The number of anilines is 3. The molecular formula is C55H37NO. The Hall–Kier alpha value is -7.42. The van der Waals surface area contributed by atoms with Gasteiger partial charge in [-0.1, -0.05) is 176 Å². The fourth-order valence-corrected chi connectivity index (χ4v) is 9.24. The molecule has 0 amide bonds. The minimum atomic E-state index is -0.474. The second kappa shape index (κ2) is 13.4. The maximum Gasteiger partial charge on any atom is 0.143 e. The molecule has 2 nitrogen and oxygen atoms in total. The van der Waals surface area contributed by atoms with Gasteiger partial charge in [0, 0.05) is 33.4 Å². The number of benzene rings is 9. The lowest BCUT2D eigenvalue weighted by atomic mass is 9.67. The summed E-state index contributed by atoms with van der Waals surface area (Å²) in [5.74, 6) is 0. The van der Waals surface area contributed by atoms with Gasteiger partial charge in [-0.05, 0) is 98.6 Å². The van der Waals surface area contributed by atoms with Crippen LogP contribution in [0.5, 0.6) is 0 Å². The highest BCUT2D eigenvalue weighted by Gasteiger charge is 2.46. The topological polar surface area (TPSA) is 16.4 Å². The third-order valence-corrected chi connectivity index (χ3v) is 11.8. The van der Waals surface area contributed by atoms with Crippen molar-refractivity contribution >= 4 is 39.0 Å². The highest BCUT2D eigenvalue weighted by molar-refractivity contribution is 6.10. The lowest BCUT2D eigenvalue weighted by Gasteiger charge is -2.33. The molecule has 0 aliphatic heterocycles. The molecule has 0 saturated heterocycles. The molecule has 1 aromatic heterocycles. The molecule has 0 radical (unpaired) electrons. The van der Waals surface area contributed by atoms with Crippen molar-refractivity contribution in [1.82, 2.24) is 0 Å². The van der Waals surface area contributed by atoms with Crippen LogP contribution in [0.1, 0.15) is 22.3 Å². The molecule has 10 aromatic rings. The van der Waals surface area contributed by atoms with Crippen molar-refractivity contribution in [2.24, 2.45) is 0 Å². The molecule has 0 atom stereocenters. The van der Waals surface area contributed by atoms with E-state index < -0.39 is 5.41 Å². The van der Waals surface area contributed by atoms with E-state index in [4.69, 9.17) is 4.42 Å². The van der Waals surface area contributed by atoms with Gasteiger partial charge >= 0.3 is 0 Å². The summed E-state index contributed by atoms with van der Waals surface area (Å²) in [6.45, 7) is 0. The van der Waals surface area contributed by atoms with Crippen LogP contribution in [0.2, 0.25) is 0 Å². The number of furan rings is 1. The predicted molar refractivity (Wildman–Crippen MR) is 237 cm³/mol. The van der Waals surface area contributed by atoms with Crippen LogP contribution in [0.25, 0.3) is 55.3 Å². The average molecular weight is 728 g/mol. The molecular weight excluding hydrogens is 691 g/mol. The van der Waals surface area contributed by atoms with Crippen molar-refractivity contribution in [3.63, 3.8) is 0 Å². The summed E-state index contributed by atoms with van der Waals surface area (Å²) < 4.78 is 6.84. The Bertz CT molecular complexity index is 3010. The van der Waals surface area contributed by atoms with Gasteiger partial charge in [-0.15, -0.1) is 0 Å². The molecule has 0 unspecified atom stereocenters. The first-order valence-electron chi connectivity index (χ1n) is 19.6. The third-order valence-electron chi connectivity index (χ3n) is 11.8. The van der Waals surface area contributed by atoms with Crippen molar-refractivity contribution < 1.29 is 4.42 Å². The lowest BCUT2D eigenvalue weighted by Crippen LogP contribution is -2.28. The Morgan fingerprint density at radius 2 is 0.877 bits per heavy atom. The van der Waals surface area contributed by atoms with E-state index in [1.54, 1.807) is 0 Å². The monoisotopic (exact) mass is 727 g/mol. The van der Waals surface area contributed by atoms with E-state index in [1.165, 1.54) is 44.5 Å². The SMILES string of the molecule is c1ccc(-c2ccc(N(c3ccccc3)c3cccc(-c4cccc5c4oc4ccc(C6(c7ccccc7)c7ccccc7-c7ccccc76)cc45)c3)cc2)cc1. The zero-order valence-electron chi connectivity index (χ0n) is 31.2. The van der Waals surface area contributed by atoms with Crippen LogP contribution >= 0.6 is 0 Å². The number of hydrogen-bond acceptors (Lipinski definition) is 2.